The molecule has 0 N–H and O–H groups in total. The number of piperidine rings is 1. The van der Waals surface area contributed by atoms with E-state index in [2.05, 4.69) is 11.6 Å². The van der Waals surface area contributed by atoms with Crippen molar-refractivity contribution < 1.29 is 19.2 Å². The number of ether oxygens (including phenoxy) is 2. The molecule has 0 spiro atoms. The number of pyridine rings is 1. The summed E-state index contributed by atoms with van der Waals surface area (Å²) in [5.74, 6) is 0.550. The fraction of sp³-hybridized carbons (Fsp3) is 0.333. The third-order valence-corrected chi connectivity index (χ3v) is 4.56. The minimum Gasteiger partial charge on any atom is -0.476 e. The summed E-state index contributed by atoms with van der Waals surface area (Å²) in [6.07, 6.45) is 9.05. The number of carbonyl (C=O) groups excluding carboxylic acids is 1. The van der Waals surface area contributed by atoms with E-state index in [1.165, 1.54) is 19.4 Å². The van der Waals surface area contributed by atoms with Crippen molar-refractivity contribution in [1.82, 2.24) is 9.88 Å². The van der Waals surface area contributed by atoms with E-state index in [1.807, 2.05) is 4.90 Å². The van der Waals surface area contributed by atoms with E-state index < -0.39 is 11.0 Å². The van der Waals surface area contributed by atoms with Crippen LogP contribution in [-0.2, 0) is 4.74 Å². The lowest BCUT2D eigenvalue weighted by atomic mass is 10.0. The molecule has 0 aliphatic carbocycles. The normalized spacial score (nSPS) is 17.4. The SMILES string of the molecule is C=Cc1cc([N+](=O)[O-])c(OC)nc1N1CCC(N2C=CC=COC2=O)CC1. The third kappa shape index (κ3) is 3.76. The Bertz CT molecular complexity index is 812. The Labute approximate surface area is 156 Å². The summed E-state index contributed by atoms with van der Waals surface area (Å²) in [6, 6.07) is 1.43. The van der Waals surface area contributed by atoms with Gasteiger partial charge in [-0.3, -0.25) is 15.0 Å². The minimum absolute atomic E-state index is 0.0111. The molecular formula is C18H20N4O5. The molecule has 1 amide bonds. The summed E-state index contributed by atoms with van der Waals surface area (Å²) >= 11 is 0. The van der Waals surface area contributed by atoms with Crippen LogP contribution in [0.2, 0.25) is 0 Å². The topological polar surface area (TPSA) is 98.0 Å². The molecule has 2 aliphatic rings. The van der Waals surface area contributed by atoms with E-state index in [-0.39, 0.29) is 17.6 Å². The van der Waals surface area contributed by atoms with Gasteiger partial charge in [-0.15, -0.1) is 0 Å². The van der Waals surface area contributed by atoms with Crippen LogP contribution in [0.5, 0.6) is 5.88 Å². The van der Waals surface area contributed by atoms with Gasteiger partial charge in [0.15, 0.2) is 0 Å². The molecule has 2 aliphatic heterocycles. The van der Waals surface area contributed by atoms with Crippen LogP contribution in [0.25, 0.3) is 6.08 Å². The van der Waals surface area contributed by atoms with Crippen molar-refractivity contribution in [1.29, 1.82) is 0 Å². The molecule has 1 aromatic rings. The fourth-order valence-corrected chi connectivity index (χ4v) is 3.21. The molecule has 0 atom stereocenters. The van der Waals surface area contributed by atoms with Gasteiger partial charge < -0.3 is 14.4 Å². The number of nitro groups is 1. The number of amides is 1. The maximum atomic E-state index is 12.0. The number of allylic oxidation sites excluding steroid dienone is 2. The van der Waals surface area contributed by atoms with Crippen molar-refractivity contribution in [2.24, 2.45) is 0 Å². The van der Waals surface area contributed by atoms with E-state index in [1.54, 1.807) is 29.3 Å². The second-order valence-electron chi connectivity index (χ2n) is 6.07. The van der Waals surface area contributed by atoms with Crippen LogP contribution >= 0.6 is 0 Å². The molecule has 0 saturated carbocycles. The Hall–Kier alpha value is -3.36. The number of methoxy groups -OCH3 is 1. The average molecular weight is 372 g/mol. The van der Waals surface area contributed by atoms with Crippen LogP contribution in [0.4, 0.5) is 16.3 Å². The Morgan fingerprint density at radius 2 is 2.15 bits per heavy atom. The van der Waals surface area contributed by atoms with Gasteiger partial charge in [0.05, 0.1) is 18.3 Å². The van der Waals surface area contributed by atoms with Crippen LogP contribution in [-0.4, -0.2) is 47.1 Å². The van der Waals surface area contributed by atoms with E-state index in [0.717, 1.165) is 0 Å². The number of cyclic esters (lactones) is 1. The molecule has 1 aromatic heterocycles. The average Bonchev–Trinajstić information content (AvgIpc) is 2.91. The highest BCUT2D eigenvalue weighted by Crippen LogP contribution is 2.33. The van der Waals surface area contributed by atoms with Gasteiger partial charge in [-0.05, 0) is 25.0 Å². The maximum Gasteiger partial charge on any atom is 0.418 e. The lowest BCUT2D eigenvalue weighted by Crippen LogP contribution is -2.45. The predicted molar refractivity (Wildman–Crippen MR) is 99.4 cm³/mol. The van der Waals surface area contributed by atoms with Crippen LogP contribution in [0, 0.1) is 10.1 Å². The second kappa shape index (κ2) is 7.90. The summed E-state index contributed by atoms with van der Waals surface area (Å²) < 4.78 is 10.1. The minimum atomic E-state index is -0.528. The van der Waals surface area contributed by atoms with Gasteiger partial charge in [0.25, 0.3) is 5.88 Å². The smallest absolute Gasteiger partial charge is 0.418 e. The first kappa shape index (κ1) is 18.4. The Kier molecular flexibility index (Phi) is 5.39. The lowest BCUT2D eigenvalue weighted by Gasteiger charge is -2.37. The first-order valence-electron chi connectivity index (χ1n) is 8.48. The van der Waals surface area contributed by atoms with Gasteiger partial charge in [-0.2, -0.15) is 4.98 Å². The van der Waals surface area contributed by atoms with Crippen molar-refractivity contribution in [3.8, 4) is 5.88 Å². The summed E-state index contributed by atoms with van der Waals surface area (Å²) in [5.41, 5.74) is 0.371. The highest BCUT2D eigenvalue weighted by atomic mass is 16.6. The first-order valence-corrected chi connectivity index (χ1v) is 8.48. The summed E-state index contributed by atoms with van der Waals surface area (Å²) in [7, 11) is 1.35. The number of hydrogen-bond acceptors (Lipinski definition) is 7. The zero-order chi connectivity index (χ0) is 19.4. The van der Waals surface area contributed by atoms with Gasteiger partial charge in [-0.1, -0.05) is 12.7 Å². The van der Waals surface area contributed by atoms with E-state index >= 15 is 0 Å². The van der Waals surface area contributed by atoms with Crippen molar-refractivity contribution in [3.05, 3.63) is 52.9 Å². The fourth-order valence-electron chi connectivity index (χ4n) is 3.21. The highest BCUT2D eigenvalue weighted by molar-refractivity contribution is 5.71. The van der Waals surface area contributed by atoms with Crippen LogP contribution in [0.15, 0.2) is 37.3 Å². The molecule has 0 unspecified atom stereocenters. The van der Waals surface area contributed by atoms with Gasteiger partial charge in [0, 0.05) is 37.0 Å². The molecular weight excluding hydrogens is 352 g/mol. The maximum absolute atomic E-state index is 12.0. The number of aromatic nitrogens is 1. The van der Waals surface area contributed by atoms with Crippen LogP contribution < -0.4 is 9.64 Å². The van der Waals surface area contributed by atoms with Gasteiger partial charge in [0.2, 0.25) is 0 Å². The molecule has 9 nitrogen and oxygen atoms in total. The number of hydrogen-bond donors (Lipinski definition) is 0. The molecule has 1 fully saturated rings. The number of nitrogens with zero attached hydrogens (tertiary/aromatic N) is 4. The Balaban J connectivity index is 1.78. The molecule has 1 saturated heterocycles. The predicted octanol–water partition coefficient (Wildman–Crippen LogP) is 3.09. The second-order valence-corrected chi connectivity index (χ2v) is 6.07. The van der Waals surface area contributed by atoms with Crippen molar-refractivity contribution in [2.45, 2.75) is 18.9 Å². The van der Waals surface area contributed by atoms with Crippen LogP contribution in [0.3, 0.4) is 0 Å². The molecule has 0 bridgehead atoms. The zero-order valence-electron chi connectivity index (χ0n) is 14.9. The number of anilines is 1. The molecule has 0 radical (unpaired) electrons. The quantitative estimate of drug-likeness (QED) is 0.578. The molecule has 27 heavy (non-hydrogen) atoms. The van der Waals surface area contributed by atoms with Crippen molar-refractivity contribution in [3.63, 3.8) is 0 Å². The number of carbonyl (C=O) groups is 1. The van der Waals surface area contributed by atoms with Crippen molar-refractivity contribution >= 4 is 23.7 Å². The molecule has 0 aromatic carbocycles. The summed E-state index contributed by atoms with van der Waals surface area (Å²) in [4.78, 5) is 30.6. The first-order chi connectivity index (χ1) is 13.0. The third-order valence-electron chi connectivity index (χ3n) is 4.56. The highest BCUT2D eigenvalue weighted by Gasteiger charge is 2.30. The molecule has 9 heteroatoms. The summed E-state index contributed by atoms with van der Waals surface area (Å²) in [5, 5.41) is 11.2. The zero-order valence-corrected chi connectivity index (χ0v) is 14.9. The number of rotatable bonds is 5. The monoisotopic (exact) mass is 372 g/mol. The largest absolute Gasteiger partial charge is 0.476 e. The van der Waals surface area contributed by atoms with Gasteiger partial charge in [-0.25, -0.2) is 4.79 Å². The van der Waals surface area contributed by atoms with E-state index in [0.29, 0.717) is 37.3 Å². The molecule has 3 rings (SSSR count). The standard InChI is InChI=1S/C18H20N4O5/c1-3-13-12-15(22(24)25)17(26-2)19-16(13)20-9-6-14(7-10-20)21-8-4-5-11-27-18(21)23/h3-5,8,11-12,14H,1,6-7,9-10H2,2H3. The van der Waals surface area contributed by atoms with E-state index in [9.17, 15) is 14.9 Å². The molecule has 142 valence electrons. The Morgan fingerprint density at radius 3 is 2.78 bits per heavy atom. The van der Waals surface area contributed by atoms with Crippen molar-refractivity contribution in [2.75, 3.05) is 25.1 Å². The summed E-state index contributed by atoms with van der Waals surface area (Å²) in [6.45, 7) is 4.99. The molecule has 3 heterocycles. The Morgan fingerprint density at radius 1 is 1.41 bits per heavy atom. The lowest BCUT2D eigenvalue weighted by molar-refractivity contribution is -0.386. The van der Waals surface area contributed by atoms with Gasteiger partial charge >= 0.3 is 11.8 Å². The van der Waals surface area contributed by atoms with Gasteiger partial charge in [0.1, 0.15) is 5.82 Å². The van der Waals surface area contributed by atoms with E-state index in [4.69, 9.17) is 9.47 Å². The van der Waals surface area contributed by atoms with Crippen LogP contribution in [0.1, 0.15) is 18.4 Å².